The molecule has 0 aliphatic rings. The molecular formula is C10H17NS. The highest BCUT2D eigenvalue weighted by molar-refractivity contribution is 7.12. The SMILES string of the molecule is Cc1ccc([C@H](N)CC(C)C)s1. The van der Waals surface area contributed by atoms with Crippen LogP contribution in [0.3, 0.4) is 0 Å². The molecule has 1 nitrogen and oxygen atoms in total. The molecule has 0 amide bonds. The van der Waals surface area contributed by atoms with Gasteiger partial charge in [-0.05, 0) is 31.4 Å². The summed E-state index contributed by atoms with van der Waals surface area (Å²) in [6.07, 6.45) is 1.08. The fourth-order valence-corrected chi connectivity index (χ4v) is 2.17. The molecule has 1 rings (SSSR count). The van der Waals surface area contributed by atoms with Gasteiger partial charge in [0.05, 0.1) is 0 Å². The molecule has 1 atom stereocenters. The zero-order valence-electron chi connectivity index (χ0n) is 8.00. The standard InChI is InChI=1S/C10H17NS/c1-7(2)6-9(11)10-5-4-8(3)12-10/h4-5,7,9H,6,11H2,1-3H3/t9-/m1/s1. The quantitative estimate of drug-likeness (QED) is 0.765. The van der Waals surface area contributed by atoms with Gasteiger partial charge in [0.1, 0.15) is 0 Å². The minimum absolute atomic E-state index is 0.240. The van der Waals surface area contributed by atoms with Gasteiger partial charge < -0.3 is 5.73 Å². The van der Waals surface area contributed by atoms with Crippen molar-refractivity contribution < 1.29 is 0 Å². The Kier molecular flexibility index (Phi) is 3.29. The Balaban J connectivity index is 2.58. The number of aryl methyl sites for hydroxylation is 1. The van der Waals surface area contributed by atoms with Crippen LogP contribution >= 0.6 is 11.3 Å². The Morgan fingerprint density at radius 3 is 2.50 bits per heavy atom. The molecule has 0 fully saturated rings. The van der Waals surface area contributed by atoms with E-state index in [0.717, 1.165) is 6.42 Å². The summed E-state index contributed by atoms with van der Waals surface area (Å²) in [5.74, 6) is 0.683. The van der Waals surface area contributed by atoms with E-state index in [0.29, 0.717) is 5.92 Å². The first-order valence-electron chi connectivity index (χ1n) is 4.41. The van der Waals surface area contributed by atoms with Gasteiger partial charge in [-0.1, -0.05) is 13.8 Å². The molecule has 1 aromatic rings. The third-order valence-corrected chi connectivity index (χ3v) is 2.98. The number of hydrogen-bond donors (Lipinski definition) is 1. The van der Waals surface area contributed by atoms with Gasteiger partial charge in [-0.25, -0.2) is 0 Å². The predicted molar refractivity (Wildman–Crippen MR) is 55.4 cm³/mol. The molecular weight excluding hydrogens is 166 g/mol. The first-order valence-corrected chi connectivity index (χ1v) is 5.23. The molecule has 0 aliphatic heterocycles. The molecule has 0 saturated heterocycles. The van der Waals surface area contributed by atoms with Crippen LogP contribution in [0, 0.1) is 12.8 Å². The average molecular weight is 183 g/mol. The fourth-order valence-electron chi connectivity index (χ4n) is 1.28. The lowest BCUT2D eigenvalue weighted by Gasteiger charge is -2.11. The molecule has 2 heteroatoms. The molecule has 0 aliphatic carbocycles. The highest BCUT2D eigenvalue weighted by atomic mass is 32.1. The van der Waals surface area contributed by atoms with E-state index in [-0.39, 0.29) is 6.04 Å². The Hall–Kier alpha value is -0.340. The second kappa shape index (κ2) is 4.06. The summed E-state index contributed by atoms with van der Waals surface area (Å²) in [4.78, 5) is 2.67. The molecule has 0 radical (unpaired) electrons. The lowest BCUT2D eigenvalue weighted by Crippen LogP contribution is -2.11. The van der Waals surface area contributed by atoms with Gasteiger partial charge in [0, 0.05) is 15.8 Å². The van der Waals surface area contributed by atoms with Crippen LogP contribution in [0.15, 0.2) is 12.1 Å². The Bertz CT molecular complexity index is 240. The molecule has 12 heavy (non-hydrogen) atoms. The van der Waals surface area contributed by atoms with Gasteiger partial charge in [0.2, 0.25) is 0 Å². The van der Waals surface area contributed by atoms with E-state index in [4.69, 9.17) is 5.73 Å². The van der Waals surface area contributed by atoms with Crippen LogP contribution in [-0.2, 0) is 0 Å². The highest BCUT2D eigenvalue weighted by Crippen LogP contribution is 2.25. The fraction of sp³-hybridized carbons (Fsp3) is 0.600. The third kappa shape index (κ3) is 2.61. The zero-order valence-corrected chi connectivity index (χ0v) is 8.82. The smallest absolute Gasteiger partial charge is 0.0392 e. The summed E-state index contributed by atoms with van der Waals surface area (Å²) in [6.45, 7) is 6.54. The number of rotatable bonds is 3. The zero-order chi connectivity index (χ0) is 9.14. The Morgan fingerprint density at radius 2 is 2.08 bits per heavy atom. The minimum Gasteiger partial charge on any atom is -0.323 e. The van der Waals surface area contributed by atoms with Crippen LogP contribution in [0.4, 0.5) is 0 Å². The molecule has 2 N–H and O–H groups in total. The van der Waals surface area contributed by atoms with E-state index in [1.54, 1.807) is 0 Å². The first-order chi connectivity index (χ1) is 5.59. The maximum atomic E-state index is 6.02. The lowest BCUT2D eigenvalue weighted by atomic mass is 10.0. The molecule has 0 saturated carbocycles. The van der Waals surface area contributed by atoms with E-state index in [9.17, 15) is 0 Å². The van der Waals surface area contributed by atoms with Crippen molar-refractivity contribution in [2.75, 3.05) is 0 Å². The van der Waals surface area contributed by atoms with E-state index >= 15 is 0 Å². The molecule has 0 bridgehead atoms. The Morgan fingerprint density at radius 1 is 1.42 bits per heavy atom. The van der Waals surface area contributed by atoms with Gasteiger partial charge >= 0.3 is 0 Å². The molecule has 1 aromatic heterocycles. The average Bonchev–Trinajstić information content (AvgIpc) is 2.34. The van der Waals surface area contributed by atoms with Crippen molar-refractivity contribution in [1.29, 1.82) is 0 Å². The van der Waals surface area contributed by atoms with Crippen molar-refractivity contribution in [3.8, 4) is 0 Å². The van der Waals surface area contributed by atoms with Crippen molar-refractivity contribution in [3.05, 3.63) is 21.9 Å². The summed E-state index contributed by atoms with van der Waals surface area (Å²) in [7, 11) is 0. The number of thiophene rings is 1. The topological polar surface area (TPSA) is 26.0 Å². The van der Waals surface area contributed by atoms with Gasteiger partial charge in [-0.2, -0.15) is 0 Å². The van der Waals surface area contributed by atoms with Gasteiger partial charge in [0.25, 0.3) is 0 Å². The lowest BCUT2D eigenvalue weighted by molar-refractivity contribution is 0.515. The van der Waals surface area contributed by atoms with E-state index in [2.05, 4.69) is 32.9 Å². The largest absolute Gasteiger partial charge is 0.323 e. The van der Waals surface area contributed by atoms with Crippen molar-refractivity contribution in [3.63, 3.8) is 0 Å². The van der Waals surface area contributed by atoms with Crippen LogP contribution in [0.2, 0.25) is 0 Å². The van der Waals surface area contributed by atoms with Crippen LogP contribution in [0.5, 0.6) is 0 Å². The maximum absolute atomic E-state index is 6.02. The van der Waals surface area contributed by atoms with Gasteiger partial charge in [-0.15, -0.1) is 11.3 Å². The summed E-state index contributed by atoms with van der Waals surface area (Å²) in [6, 6.07) is 4.52. The van der Waals surface area contributed by atoms with Crippen LogP contribution in [0.1, 0.15) is 36.1 Å². The molecule has 0 aromatic carbocycles. The first kappa shape index (κ1) is 9.75. The summed E-state index contributed by atoms with van der Waals surface area (Å²) in [5.41, 5.74) is 6.02. The number of hydrogen-bond acceptors (Lipinski definition) is 2. The summed E-state index contributed by atoms with van der Waals surface area (Å²) < 4.78 is 0. The Labute approximate surface area is 78.6 Å². The van der Waals surface area contributed by atoms with Crippen LogP contribution in [0.25, 0.3) is 0 Å². The van der Waals surface area contributed by atoms with Crippen molar-refractivity contribution >= 4 is 11.3 Å². The second-order valence-electron chi connectivity index (χ2n) is 3.68. The highest BCUT2D eigenvalue weighted by Gasteiger charge is 2.09. The van der Waals surface area contributed by atoms with Crippen molar-refractivity contribution in [2.24, 2.45) is 11.7 Å². The van der Waals surface area contributed by atoms with E-state index in [1.165, 1.54) is 9.75 Å². The van der Waals surface area contributed by atoms with Crippen molar-refractivity contribution in [2.45, 2.75) is 33.2 Å². The molecule has 0 unspecified atom stereocenters. The normalized spacial score (nSPS) is 13.8. The summed E-state index contributed by atoms with van der Waals surface area (Å²) >= 11 is 1.81. The van der Waals surface area contributed by atoms with E-state index < -0.39 is 0 Å². The van der Waals surface area contributed by atoms with Gasteiger partial charge in [0.15, 0.2) is 0 Å². The third-order valence-electron chi connectivity index (χ3n) is 1.85. The minimum atomic E-state index is 0.240. The van der Waals surface area contributed by atoms with E-state index in [1.807, 2.05) is 11.3 Å². The maximum Gasteiger partial charge on any atom is 0.0392 e. The molecule has 1 heterocycles. The monoisotopic (exact) mass is 183 g/mol. The van der Waals surface area contributed by atoms with Crippen LogP contribution < -0.4 is 5.73 Å². The van der Waals surface area contributed by atoms with Gasteiger partial charge in [-0.3, -0.25) is 0 Å². The molecule has 68 valence electrons. The van der Waals surface area contributed by atoms with Crippen molar-refractivity contribution in [1.82, 2.24) is 0 Å². The molecule has 0 spiro atoms. The number of nitrogens with two attached hydrogens (primary N) is 1. The second-order valence-corrected chi connectivity index (χ2v) is 5.00. The summed E-state index contributed by atoms with van der Waals surface area (Å²) in [5, 5.41) is 0. The van der Waals surface area contributed by atoms with Crippen LogP contribution in [-0.4, -0.2) is 0 Å². The predicted octanol–water partition coefficient (Wildman–Crippen LogP) is 3.10.